The molecule has 18 heavy (non-hydrogen) atoms. The van der Waals surface area contributed by atoms with Gasteiger partial charge in [0.25, 0.3) is 0 Å². The molecule has 2 rings (SSSR count). The van der Waals surface area contributed by atoms with E-state index in [1.807, 2.05) is 0 Å². The Morgan fingerprint density at radius 2 is 2.17 bits per heavy atom. The number of hydrogen-bond acceptors (Lipinski definition) is 3. The number of aliphatic imine (C=N–C) groups is 1. The minimum Gasteiger partial charge on any atom is -0.370 e. The summed E-state index contributed by atoms with van der Waals surface area (Å²) in [5.41, 5.74) is 5.96. The van der Waals surface area contributed by atoms with Crippen molar-refractivity contribution in [1.82, 2.24) is 4.90 Å². The lowest BCUT2D eigenvalue weighted by molar-refractivity contribution is 0.270. The molecule has 2 heterocycles. The van der Waals surface area contributed by atoms with Gasteiger partial charge in [0, 0.05) is 13.1 Å². The van der Waals surface area contributed by atoms with E-state index < -0.39 is 9.84 Å². The summed E-state index contributed by atoms with van der Waals surface area (Å²) >= 11 is 0. The van der Waals surface area contributed by atoms with Gasteiger partial charge in [-0.1, -0.05) is 6.92 Å². The van der Waals surface area contributed by atoms with E-state index in [0.717, 1.165) is 32.4 Å². The molecule has 5 nitrogen and oxygen atoms in total. The highest BCUT2D eigenvalue weighted by Gasteiger charge is 2.31. The summed E-state index contributed by atoms with van der Waals surface area (Å²) in [6, 6.07) is 0. The molecule has 0 bridgehead atoms. The Labute approximate surface area is 109 Å². The first kappa shape index (κ1) is 13.6. The second-order valence-electron chi connectivity index (χ2n) is 5.52. The SMILES string of the molecule is C[C@H]1CCCN(C(N)=NC[C@@H]2CCCS2(=O)=O)C1. The van der Waals surface area contributed by atoms with Crippen LogP contribution in [0.25, 0.3) is 0 Å². The Morgan fingerprint density at radius 3 is 2.78 bits per heavy atom. The van der Waals surface area contributed by atoms with E-state index in [9.17, 15) is 8.42 Å². The van der Waals surface area contributed by atoms with Crippen LogP contribution >= 0.6 is 0 Å². The topological polar surface area (TPSA) is 75.8 Å². The first-order valence-electron chi connectivity index (χ1n) is 6.75. The van der Waals surface area contributed by atoms with E-state index in [1.54, 1.807) is 0 Å². The van der Waals surface area contributed by atoms with Crippen molar-refractivity contribution in [2.75, 3.05) is 25.4 Å². The number of likely N-dealkylation sites (tertiary alicyclic amines) is 1. The zero-order valence-electron chi connectivity index (χ0n) is 11.0. The summed E-state index contributed by atoms with van der Waals surface area (Å²) in [5, 5.41) is -0.307. The zero-order chi connectivity index (χ0) is 13.2. The molecule has 2 saturated heterocycles. The monoisotopic (exact) mass is 273 g/mol. The van der Waals surface area contributed by atoms with E-state index >= 15 is 0 Å². The van der Waals surface area contributed by atoms with Gasteiger partial charge in [-0.2, -0.15) is 0 Å². The standard InChI is InChI=1S/C12H23N3O2S/c1-10-4-2-6-15(9-10)12(13)14-8-11-5-3-7-18(11,16)17/h10-11H,2-9H2,1H3,(H2,13,14)/t10-,11-/m0/s1. The molecule has 2 aliphatic rings. The van der Waals surface area contributed by atoms with Crippen LogP contribution in [0.5, 0.6) is 0 Å². The highest BCUT2D eigenvalue weighted by atomic mass is 32.2. The van der Waals surface area contributed by atoms with E-state index in [4.69, 9.17) is 5.73 Å². The van der Waals surface area contributed by atoms with Gasteiger partial charge >= 0.3 is 0 Å². The summed E-state index contributed by atoms with van der Waals surface area (Å²) in [4.78, 5) is 6.38. The molecule has 104 valence electrons. The minimum absolute atomic E-state index is 0.307. The molecule has 0 amide bonds. The molecule has 0 radical (unpaired) electrons. The van der Waals surface area contributed by atoms with Gasteiger partial charge in [-0.05, 0) is 31.6 Å². The first-order chi connectivity index (χ1) is 8.49. The van der Waals surface area contributed by atoms with Crippen molar-refractivity contribution in [3.63, 3.8) is 0 Å². The molecule has 0 aromatic rings. The lowest BCUT2D eigenvalue weighted by Gasteiger charge is -2.31. The van der Waals surface area contributed by atoms with Crippen LogP contribution in [0, 0.1) is 5.92 Å². The fourth-order valence-corrected chi connectivity index (χ4v) is 4.49. The Morgan fingerprint density at radius 1 is 1.39 bits per heavy atom. The largest absolute Gasteiger partial charge is 0.370 e. The number of piperidine rings is 1. The molecule has 0 aromatic heterocycles. The predicted octanol–water partition coefficient (Wildman–Crippen LogP) is 0.610. The summed E-state index contributed by atoms with van der Waals surface area (Å²) in [6.45, 7) is 4.42. The fourth-order valence-electron chi connectivity index (χ4n) is 2.76. The maximum Gasteiger partial charge on any atom is 0.191 e. The van der Waals surface area contributed by atoms with Gasteiger partial charge < -0.3 is 10.6 Å². The molecule has 6 heteroatoms. The van der Waals surface area contributed by atoms with Crippen LogP contribution in [-0.4, -0.2) is 49.9 Å². The van der Waals surface area contributed by atoms with E-state index in [-0.39, 0.29) is 5.25 Å². The van der Waals surface area contributed by atoms with Crippen molar-refractivity contribution >= 4 is 15.8 Å². The third-order valence-electron chi connectivity index (χ3n) is 3.90. The summed E-state index contributed by atoms with van der Waals surface area (Å²) < 4.78 is 23.4. The molecule has 0 spiro atoms. The van der Waals surface area contributed by atoms with Crippen LogP contribution in [0.2, 0.25) is 0 Å². The van der Waals surface area contributed by atoms with Crippen LogP contribution in [-0.2, 0) is 9.84 Å². The fraction of sp³-hybridized carbons (Fsp3) is 0.917. The quantitative estimate of drug-likeness (QED) is 0.591. The Bertz CT molecular complexity index is 419. The molecule has 2 atom stereocenters. The summed E-state index contributed by atoms with van der Waals surface area (Å²) in [6.07, 6.45) is 3.87. The zero-order valence-corrected chi connectivity index (χ0v) is 11.8. The van der Waals surface area contributed by atoms with E-state index in [0.29, 0.717) is 24.2 Å². The molecule has 0 aliphatic carbocycles. The molecule has 2 fully saturated rings. The van der Waals surface area contributed by atoms with E-state index in [2.05, 4.69) is 16.8 Å². The smallest absolute Gasteiger partial charge is 0.191 e. The summed E-state index contributed by atoms with van der Waals surface area (Å²) in [7, 11) is -2.91. The Hall–Kier alpha value is -0.780. The molecule has 2 aliphatic heterocycles. The van der Waals surface area contributed by atoms with Crippen molar-refractivity contribution in [2.24, 2.45) is 16.6 Å². The van der Waals surface area contributed by atoms with Crippen molar-refractivity contribution < 1.29 is 8.42 Å². The van der Waals surface area contributed by atoms with Crippen molar-refractivity contribution in [3.8, 4) is 0 Å². The molecule has 0 saturated carbocycles. The number of guanidine groups is 1. The predicted molar refractivity (Wildman–Crippen MR) is 73.3 cm³/mol. The highest BCUT2D eigenvalue weighted by Crippen LogP contribution is 2.20. The number of hydrogen-bond donors (Lipinski definition) is 1. The second-order valence-corrected chi connectivity index (χ2v) is 7.92. The van der Waals surface area contributed by atoms with Crippen LogP contribution in [0.15, 0.2) is 4.99 Å². The molecule has 2 N–H and O–H groups in total. The number of nitrogens with two attached hydrogens (primary N) is 1. The third-order valence-corrected chi connectivity index (χ3v) is 6.16. The van der Waals surface area contributed by atoms with Crippen LogP contribution < -0.4 is 5.73 Å². The first-order valence-corrected chi connectivity index (χ1v) is 8.47. The maximum atomic E-state index is 11.7. The number of nitrogens with zero attached hydrogens (tertiary/aromatic N) is 2. The lowest BCUT2D eigenvalue weighted by atomic mass is 10.0. The van der Waals surface area contributed by atoms with Crippen molar-refractivity contribution in [3.05, 3.63) is 0 Å². The lowest BCUT2D eigenvalue weighted by Crippen LogP contribution is -2.44. The van der Waals surface area contributed by atoms with E-state index in [1.165, 1.54) is 6.42 Å². The van der Waals surface area contributed by atoms with Gasteiger partial charge in [0.15, 0.2) is 15.8 Å². The van der Waals surface area contributed by atoms with Crippen LogP contribution in [0.4, 0.5) is 0 Å². The second kappa shape index (κ2) is 5.47. The number of sulfone groups is 1. The summed E-state index contributed by atoms with van der Waals surface area (Å²) in [5.74, 6) is 1.47. The highest BCUT2D eigenvalue weighted by molar-refractivity contribution is 7.92. The van der Waals surface area contributed by atoms with Crippen molar-refractivity contribution in [2.45, 2.75) is 37.9 Å². The average Bonchev–Trinajstić information content (AvgIpc) is 2.65. The normalized spacial score (nSPS) is 32.7. The number of rotatable bonds is 2. The molecule has 0 aromatic carbocycles. The molecule has 0 unspecified atom stereocenters. The van der Waals surface area contributed by atoms with Gasteiger partial charge in [0.05, 0.1) is 17.5 Å². The molecular formula is C12H23N3O2S. The third kappa shape index (κ3) is 3.16. The maximum absolute atomic E-state index is 11.7. The van der Waals surface area contributed by atoms with Gasteiger partial charge in [-0.15, -0.1) is 0 Å². The van der Waals surface area contributed by atoms with Gasteiger partial charge in [0.2, 0.25) is 0 Å². The Balaban J connectivity index is 1.92. The molecular weight excluding hydrogens is 250 g/mol. The van der Waals surface area contributed by atoms with Crippen LogP contribution in [0.3, 0.4) is 0 Å². The van der Waals surface area contributed by atoms with Gasteiger partial charge in [-0.3, -0.25) is 4.99 Å². The minimum atomic E-state index is -2.91. The van der Waals surface area contributed by atoms with Gasteiger partial charge in [-0.25, -0.2) is 8.42 Å². The van der Waals surface area contributed by atoms with Crippen LogP contribution in [0.1, 0.15) is 32.6 Å². The Kier molecular flexibility index (Phi) is 4.14. The average molecular weight is 273 g/mol. The van der Waals surface area contributed by atoms with Crippen molar-refractivity contribution in [1.29, 1.82) is 0 Å². The van der Waals surface area contributed by atoms with Gasteiger partial charge in [0.1, 0.15) is 0 Å².